The summed E-state index contributed by atoms with van der Waals surface area (Å²) >= 11 is 0. The van der Waals surface area contributed by atoms with Gasteiger partial charge in [-0.3, -0.25) is 10.1 Å². The van der Waals surface area contributed by atoms with Crippen LogP contribution in [0.25, 0.3) is 0 Å². The highest BCUT2D eigenvalue weighted by Crippen LogP contribution is 2.21. The molecule has 0 spiro atoms. The predicted octanol–water partition coefficient (Wildman–Crippen LogP) is 0.153. The summed E-state index contributed by atoms with van der Waals surface area (Å²) in [5.41, 5.74) is 0.257. The van der Waals surface area contributed by atoms with E-state index in [1.165, 1.54) is 12.1 Å². The fourth-order valence-corrected chi connectivity index (χ4v) is 3.15. The maximum atomic E-state index is 12.1. The zero-order chi connectivity index (χ0) is 13.3. The van der Waals surface area contributed by atoms with Crippen LogP contribution >= 0.6 is 0 Å². The molecule has 1 aromatic carbocycles. The van der Waals surface area contributed by atoms with E-state index in [1.54, 1.807) is 6.92 Å². The van der Waals surface area contributed by atoms with Crippen molar-refractivity contribution < 1.29 is 13.3 Å². The Hall–Kier alpha value is -1.51. The van der Waals surface area contributed by atoms with Gasteiger partial charge in [0, 0.05) is 31.3 Å². The minimum atomic E-state index is -3.70. The number of nitrogens with one attached hydrogen (secondary N) is 2. The predicted molar refractivity (Wildman–Crippen MR) is 64.8 cm³/mol. The molecule has 0 radical (unpaired) electrons. The van der Waals surface area contributed by atoms with Crippen LogP contribution < -0.4 is 10.0 Å². The molecule has 1 aromatic rings. The van der Waals surface area contributed by atoms with Crippen LogP contribution in [-0.2, 0) is 10.0 Å². The smallest absolute Gasteiger partial charge is 0.270 e. The topological polar surface area (TPSA) is 101 Å². The molecule has 8 heteroatoms. The monoisotopic (exact) mass is 271 g/mol. The first-order chi connectivity index (χ1) is 8.40. The highest BCUT2D eigenvalue weighted by Gasteiger charge is 2.26. The lowest BCUT2D eigenvalue weighted by molar-refractivity contribution is -0.385. The molecule has 0 atom stereocenters. The van der Waals surface area contributed by atoms with Crippen LogP contribution in [0.4, 0.5) is 5.69 Å². The molecule has 7 nitrogen and oxygen atoms in total. The van der Waals surface area contributed by atoms with Crippen LogP contribution in [0.2, 0.25) is 0 Å². The lowest BCUT2D eigenvalue weighted by atomic mass is 10.2. The second kappa shape index (κ2) is 4.63. The van der Waals surface area contributed by atoms with Crippen molar-refractivity contribution in [3.8, 4) is 0 Å². The number of nitrogens with zero attached hydrogens (tertiary/aromatic N) is 1. The molecule has 0 aliphatic carbocycles. The normalized spacial score (nSPS) is 16.3. The Kier molecular flexibility index (Phi) is 3.33. The second-order valence-electron chi connectivity index (χ2n) is 4.18. The molecule has 1 fully saturated rings. The number of nitro groups is 1. The van der Waals surface area contributed by atoms with Crippen LogP contribution in [0.1, 0.15) is 5.56 Å². The number of hydrogen-bond donors (Lipinski definition) is 2. The Morgan fingerprint density at radius 3 is 2.61 bits per heavy atom. The molecular weight excluding hydrogens is 258 g/mol. The van der Waals surface area contributed by atoms with E-state index in [0.29, 0.717) is 18.7 Å². The maximum Gasteiger partial charge on any atom is 0.270 e. The molecule has 0 saturated carbocycles. The summed E-state index contributed by atoms with van der Waals surface area (Å²) in [5, 5.41) is 13.6. The third-order valence-corrected chi connectivity index (χ3v) is 4.44. The average Bonchev–Trinajstić information content (AvgIpc) is 2.24. The van der Waals surface area contributed by atoms with Gasteiger partial charge in [0.1, 0.15) is 0 Å². The summed E-state index contributed by atoms with van der Waals surface area (Å²) in [6.07, 6.45) is 0. The summed E-state index contributed by atoms with van der Waals surface area (Å²) in [4.78, 5) is 10.0. The zero-order valence-corrected chi connectivity index (χ0v) is 10.5. The van der Waals surface area contributed by atoms with Crippen molar-refractivity contribution in [3.05, 3.63) is 33.9 Å². The van der Waals surface area contributed by atoms with Crippen LogP contribution in [0.5, 0.6) is 0 Å². The first-order valence-corrected chi connectivity index (χ1v) is 6.86. The number of rotatable bonds is 4. The molecule has 1 aliphatic heterocycles. The van der Waals surface area contributed by atoms with E-state index in [-0.39, 0.29) is 16.6 Å². The summed E-state index contributed by atoms with van der Waals surface area (Å²) < 4.78 is 26.6. The van der Waals surface area contributed by atoms with Gasteiger partial charge in [-0.05, 0) is 12.5 Å². The van der Waals surface area contributed by atoms with Gasteiger partial charge in [-0.1, -0.05) is 6.07 Å². The summed E-state index contributed by atoms with van der Waals surface area (Å²) in [6, 6.07) is 3.67. The molecule has 18 heavy (non-hydrogen) atoms. The zero-order valence-electron chi connectivity index (χ0n) is 9.71. The third-order valence-electron chi connectivity index (χ3n) is 2.78. The molecule has 1 aliphatic rings. The van der Waals surface area contributed by atoms with Crippen molar-refractivity contribution >= 4 is 15.7 Å². The van der Waals surface area contributed by atoms with E-state index in [0.717, 1.165) is 6.07 Å². The van der Waals surface area contributed by atoms with Gasteiger partial charge in [0.15, 0.2) is 0 Å². The summed E-state index contributed by atoms with van der Waals surface area (Å²) in [6.45, 7) is 2.76. The first-order valence-electron chi connectivity index (χ1n) is 5.38. The fraction of sp³-hybridized carbons (Fsp3) is 0.400. The lowest BCUT2D eigenvalue weighted by Gasteiger charge is -2.27. The van der Waals surface area contributed by atoms with E-state index in [9.17, 15) is 18.5 Å². The quantitative estimate of drug-likeness (QED) is 0.599. The van der Waals surface area contributed by atoms with Gasteiger partial charge in [0.2, 0.25) is 10.0 Å². The second-order valence-corrected chi connectivity index (χ2v) is 5.87. The lowest BCUT2D eigenvalue weighted by Crippen LogP contribution is -2.56. The van der Waals surface area contributed by atoms with Crippen molar-refractivity contribution in [3.63, 3.8) is 0 Å². The van der Waals surface area contributed by atoms with Gasteiger partial charge < -0.3 is 5.32 Å². The number of sulfonamides is 1. The van der Waals surface area contributed by atoms with Gasteiger partial charge in [0.05, 0.1) is 9.82 Å². The average molecular weight is 271 g/mol. The highest BCUT2D eigenvalue weighted by atomic mass is 32.2. The van der Waals surface area contributed by atoms with Gasteiger partial charge in [-0.15, -0.1) is 0 Å². The number of non-ortho nitro benzene ring substituents is 1. The van der Waals surface area contributed by atoms with Crippen molar-refractivity contribution in [1.29, 1.82) is 0 Å². The molecule has 1 saturated heterocycles. The SMILES string of the molecule is Cc1ccc([N+](=O)[O-])cc1S(=O)(=O)NC1CNC1. The Morgan fingerprint density at radius 2 is 2.11 bits per heavy atom. The van der Waals surface area contributed by atoms with Crippen molar-refractivity contribution in [2.24, 2.45) is 0 Å². The molecule has 98 valence electrons. The van der Waals surface area contributed by atoms with Crippen molar-refractivity contribution in [2.75, 3.05) is 13.1 Å². The van der Waals surface area contributed by atoms with E-state index in [4.69, 9.17) is 0 Å². The van der Waals surface area contributed by atoms with Gasteiger partial charge >= 0.3 is 0 Å². The van der Waals surface area contributed by atoms with Crippen LogP contribution in [0.15, 0.2) is 23.1 Å². The fourth-order valence-electron chi connectivity index (χ4n) is 1.65. The van der Waals surface area contributed by atoms with Crippen LogP contribution in [0.3, 0.4) is 0 Å². The minimum absolute atomic E-state index is 0.0383. The molecule has 2 N–H and O–H groups in total. The van der Waals surface area contributed by atoms with E-state index in [1.807, 2.05) is 0 Å². The summed E-state index contributed by atoms with van der Waals surface area (Å²) in [5.74, 6) is 0. The Balaban J connectivity index is 2.35. The standard InChI is InChI=1S/C10H13N3O4S/c1-7-2-3-9(13(14)15)4-10(7)18(16,17)12-8-5-11-6-8/h2-4,8,11-12H,5-6H2,1H3. The van der Waals surface area contributed by atoms with Crippen molar-refractivity contribution in [1.82, 2.24) is 10.0 Å². The molecule has 0 bridgehead atoms. The molecule has 0 aromatic heterocycles. The Labute approximate surface area is 104 Å². The van der Waals surface area contributed by atoms with E-state index in [2.05, 4.69) is 10.0 Å². The van der Waals surface area contributed by atoms with E-state index >= 15 is 0 Å². The van der Waals surface area contributed by atoms with Crippen LogP contribution in [-0.4, -0.2) is 32.5 Å². The highest BCUT2D eigenvalue weighted by molar-refractivity contribution is 7.89. The summed E-state index contributed by atoms with van der Waals surface area (Å²) in [7, 11) is -3.70. The van der Waals surface area contributed by atoms with E-state index < -0.39 is 14.9 Å². The molecule has 2 rings (SSSR count). The van der Waals surface area contributed by atoms with Crippen LogP contribution in [0, 0.1) is 17.0 Å². The number of nitro benzene ring substituents is 1. The van der Waals surface area contributed by atoms with Gasteiger partial charge in [-0.2, -0.15) is 0 Å². The van der Waals surface area contributed by atoms with Gasteiger partial charge in [0.25, 0.3) is 5.69 Å². The van der Waals surface area contributed by atoms with Crippen molar-refractivity contribution in [2.45, 2.75) is 17.9 Å². The maximum absolute atomic E-state index is 12.1. The largest absolute Gasteiger partial charge is 0.313 e. The molecular formula is C10H13N3O4S. The Bertz CT molecular complexity index is 581. The first kappa shape index (κ1) is 12.9. The molecule has 0 unspecified atom stereocenters. The number of hydrogen-bond acceptors (Lipinski definition) is 5. The molecule has 0 amide bonds. The van der Waals surface area contributed by atoms with Gasteiger partial charge in [-0.25, -0.2) is 13.1 Å². The molecule has 1 heterocycles. The number of aryl methyl sites for hydroxylation is 1. The number of benzene rings is 1. The third kappa shape index (κ3) is 2.50. The minimum Gasteiger partial charge on any atom is -0.313 e. The Morgan fingerprint density at radius 1 is 1.44 bits per heavy atom.